The van der Waals surface area contributed by atoms with Crippen LogP contribution in [-0.4, -0.2) is 59.8 Å². The highest BCUT2D eigenvalue weighted by atomic mass is 35.5. The lowest BCUT2D eigenvalue weighted by Crippen LogP contribution is -2.38. The monoisotopic (exact) mass is 364 g/mol. The number of imidazole rings is 1. The second-order valence-corrected chi connectivity index (χ2v) is 6.72. The van der Waals surface area contributed by atoms with Gasteiger partial charge in [0.1, 0.15) is 12.4 Å². The molecule has 2 aliphatic rings. The van der Waals surface area contributed by atoms with Crippen molar-refractivity contribution in [2.45, 2.75) is 38.3 Å². The second kappa shape index (κ2) is 8.56. The van der Waals surface area contributed by atoms with Crippen molar-refractivity contribution >= 4 is 12.4 Å². The summed E-state index contributed by atoms with van der Waals surface area (Å²) in [5, 5.41) is 3.42. The zero-order chi connectivity index (χ0) is 16.3. The van der Waals surface area contributed by atoms with Crippen LogP contribution in [0.4, 0.5) is 8.78 Å². The minimum Gasteiger partial charge on any atom is -0.374 e. The number of piperidine rings is 1. The Morgan fingerprint density at radius 3 is 2.83 bits per heavy atom. The fraction of sp³-hybridized carbons (Fsp3) is 0.812. The van der Waals surface area contributed by atoms with E-state index in [9.17, 15) is 8.78 Å². The van der Waals surface area contributed by atoms with Crippen LogP contribution >= 0.6 is 12.4 Å². The van der Waals surface area contributed by atoms with Gasteiger partial charge in [0.2, 0.25) is 0 Å². The Balaban J connectivity index is 0.00000208. The zero-order valence-corrected chi connectivity index (χ0v) is 14.9. The van der Waals surface area contributed by atoms with Crippen LogP contribution in [0.1, 0.15) is 25.1 Å². The maximum absolute atomic E-state index is 12.2. The lowest BCUT2D eigenvalue weighted by molar-refractivity contribution is 0.00641. The molecule has 3 rings (SSSR count). The molecule has 1 saturated heterocycles. The van der Waals surface area contributed by atoms with E-state index >= 15 is 0 Å². The van der Waals surface area contributed by atoms with Gasteiger partial charge in [0.15, 0.2) is 0 Å². The van der Waals surface area contributed by atoms with Gasteiger partial charge in [0.25, 0.3) is 6.43 Å². The van der Waals surface area contributed by atoms with E-state index in [-0.39, 0.29) is 12.4 Å². The Hall–Kier alpha value is -0.760. The Bertz CT molecular complexity index is 508. The number of nitrogens with zero attached hydrogens (tertiary/aromatic N) is 3. The number of ether oxygens (including phenoxy) is 1. The molecule has 1 atom stereocenters. The lowest BCUT2D eigenvalue weighted by Gasteiger charge is -2.29. The Kier molecular flexibility index (Phi) is 6.98. The van der Waals surface area contributed by atoms with Gasteiger partial charge in [0.05, 0.1) is 13.2 Å². The molecule has 138 valence electrons. The molecule has 1 spiro atoms. The number of hydrogen-bond acceptors (Lipinski definition) is 4. The summed E-state index contributed by atoms with van der Waals surface area (Å²) in [4.78, 5) is 6.78. The maximum Gasteiger partial charge on any atom is 0.261 e. The van der Waals surface area contributed by atoms with E-state index in [2.05, 4.69) is 15.2 Å². The number of halogens is 3. The minimum absolute atomic E-state index is 0. The predicted molar refractivity (Wildman–Crippen MR) is 90.6 cm³/mol. The number of rotatable bonds is 8. The lowest BCUT2D eigenvalue weighted by atomic mass is 9.93. The first-order valence-corrected chi connectivity index (χ1v) is 8.38. The van der Waals surface area contributed by atoms with E-state index in [0.29, 0.717) is 24.6 Å². The Labute approximate surface area is 148 Å². The molecule has 1 aliphatic heterocycles. The molecular weight excluding hydrogens is 338 g/mol. The predicted octanol–water partition coefficient (Wildman–Crippen LogP) is 2.07. The van der Waals surface area contributed by atoms with E-state index in [1.807, 2.05) is 17.8 Å². The molecule has 1 aliphatic carbocycles. The van der Waals surface area contributed by atoms with Crippen LogP contribution in [0.3, 0.4) is 0 Å². The standard InChI is InChI=1S/C16H26F2N4O.ClH/c1-21-7-6-20-15(21)11-22(8-9-23-12-14(17)18)13-10-16(13)2-4-19-5-3-16;/h6-7,13-14,19H,2-5,8-12H2,1H3;1H. The van der Waals surface area contributed by atoms with Crippen molar-refractivity contribution < 1.29 is 13.5 Å². The van der Waals surface area contributed by atoms with E-state index < -0.39 is 13.0 Å². The van der Waals surface area contributed by atoms with Crippen LogP contribution in [0.15, 0.2) is 12.4 Å². The average molecular weight is 365 g/mol. The first-order chi connectivity index (χ1) is 11.1. The molecule has 24 heavy (non-hydrogen) atoms. The van der Waals surface area contributed by atoms with E-state index in [1.165, 1.54) is 19.3 Å². The number of aryl methyl sites for hydroxylation is 1. The third-order valence-corrected chi connectivity index (χ3v) is 5.22. The molecule has 1 unspecified atom stereocenters. The number of nitrogens with one attached hydrogen (secondary N) is 1. The SMILES string of the molecule is Cl.Cn1ccnc1CN(CCOCC(F)F)C1CC12CCNCC2. The van der Waals surface area contributed by atoms with Crippen LogP contribution in [0.5, 0.6) is 0 Å². The molecule has 1 saturated carbocycles. The molecule has 8 heteroatoms. The molecule has 0 bridgehead atoms. The summed E-state index contributed by atoms with van der Waals surface area (Å²) in [6.07, 6.45) is 4.95. The van der Waals surface area contributed by atoms with Crippen molar-refractivity contribution in [3.63, 3.8) is 0 Å². The van der Waals surface area contributed by atoms with Crippen molar-refractivity contribution in [3.8, 4) is 0 Å². The number of aromatic nitrogens is 2. The summed E-state index contributed by atoms with van der Waals surface area (Å²) in [6.45, 7) is 3.46. The summed E-state index contributed by atoms with van der Waals surface area (Å²) in [5.74, 6) is 1.01. The van der Waals surface area contributed by atoms with Crippen LogP contribution in [0.2, 0.25) is 0 Å². The molecule has 5 nitrogen and oxygen atoms in total. The van der Waals surface area contributed by atoms with E-state index in [4.69, 9.17) is 4.74 Å². The topological polar surface area (TPSA) is 42.3 Å². The normalized spacial score (nSPS) is 22.1. The summed E-state index contributed by atoms with van der Waals surface area (Å²) in [5.41, 5.74) is 0.416. The molecule has 0 amide bonds. The maximum atomic E-state index is 12.2. The van der Waals surface area contributed by atoms with Crippen molar-refractivity contribution in [2.24, 2.45) is 12.5 Å². The van der Waals surface area contributed by atoms with Crippen molar-refractivity contribution in [2.75, 3.05) is 32.8 Å². The highest BCUT2D eigenvalue weighted by molar-refractivity contribution is 5.85. The van der Waals surface area contributed by atoms with Crippen LogP contribution < -0.4 is 5.32 Å². The van der Waals surface area contributed by atoms with E-state index in [0.717, 1.165) is 25.5 Å². The molecule has 0 aromatic carbocycles. The van der Waals surface area contributed by atoms with Crippen LogP contribution in [0.25, 0.3) is 0 Å². The fourth-order valence-electron chi connectivity index (χ4n) is 3.73. The largest absolute Gasteiger partial charge is 0.374 e. The van der Waals surface area contributed by atoms with Crippen LogP contribution in [0, 0.1) is 5.41 Å². The summed E-state index contributed by atoms with van der Waals surface area (Å²) in [6, 6.07) is 0.524. The molecular formula is C16H27ClF2N4O. The van der Waals surface area contributed by atoms with Gasteiger partial charge in [-0.2, -0.15) is 0 Å². The third-order valence-electron chi connectivity index (χ3n) is 5.22. The quantitative estimate of drug-likeness (QED) is 0.717. The molecule has 1 aromatic heterocycles. The summed E-state index contributed by atoms with van der Waals surface area (Å²) >= 11 is 0. The smallest absolute Gasteiger partial charge is 0.261 e. The van der Waals surface area contributed by atoms with Gasteiger partial charge in [-0.1, -0.05) is 0 Å². The average Bonchev–Trinajstić information content (AvgIpc) is 3.05. The second-order valence-electron chi connectivity index (χ2n) is 6.72. The molecule has 0 radical (unpaired) electrons. The minimum atomic E-state index is -2.39. The zero-order valence-electron chi connectivity index (χ0n) is 14.1. The van der Waals surface area contributed by atoms with Gasteiger partial charge >= 0.3 is 0 Å². The third kappa shape index (κ3) is 4.65. The van der Waals surface area contributed by atoms with Gasteiger partial charge in [-0.25, -0.2) is 13.8 Å². The van der Waals surface area contributed by atoms with E-state index in [1.54, 1.807) is 6.20 Å². The highest BCUT2D eigenvalue weighted by Gasteiger charge is 2.56. The Morgan fingerprint density at radius 2 is 2.21 bits per heavy atom. The number of hydrogen-bond donors (Lipinski definition) is 1. The first kappa shape index (κ1) is 19.6. The Morgan fingerprint density at radius 1 is 1.46 bits per heavy atom. The summed E-state index contributed by atoms with van der Waals surface area (Å²) in [7, 11) is 1.99. The van der Waals surface area contributed by atoms with Crippen LogP contribution in [-0.2, 0) is 18.3 Å². The fourth-order valence-corrected chi connectivity index (χ4v) is 3.73. The molecule has 1 N–H and O–H groups in total. The first-order valence-electron chi connectivity index (χ1n) is 8.38. The van der Waals surface area contributed by atoms with Gasteiger partial charge in [-0.05, 0) is 37.8 Å². The molecule has 1 aromatic rings. The molecule has 2 heterocycles. The van der Waals surface area contributed by atoms with Gasteiger partial charge in [0, 0.05) is 32.0 Å². The molecule has 2 fully saturated rings. The van der Waals surface area contributed by atoms with Gasteiger partial charge in [-0.3, -0.25) is 4.90 Å². The van der Waals surface area contributed by atoms with Gasteiger partial charge < -0.3 is 14.6 Å². The van der Waals surface area contributed by atoms with Gasteiger partial charge in [-0.15, -0.1) is 12.4 Å². The van der Waals surface area contributed by atoms with Crippen molar-refractivity contribution in [3.05, 3.63) is 18.2 Å². The van der Waals surface area contributed by atoms with Crippen molar-refractivity contribution in [1.82, 2.24) is 19.8 Å². The highest BCUT2D eigenvalue weighted by Crippen LogP contribution is 2.55. The van der Waals surface area contributed by atoms with Crippen molar-refractivity contribution in [1.29, 1.82) is 0 Å². The summed E-state index contributed by atoms with van der Waals surface area (Å²) < 4.78 is 31.5. The number of alkyl halides is 2.